The van der Waals surface area contributed by atoms with E-state index in [9.17, 15) is 14.4 Å². The average Bonchev–Trinajstić information content (AvgIpc) is 2.38. The fraction of sp³-hybridized carbons (Fsp3) is 0.333. The number of aromatic nitrogens is 1. The van der Waals surface area contributed by atoms with Crippen LogP contribution < -0.4 is 10.2 Å². The SMILES string of the molecule is CN(C(=O)NC(=O)CCCC(=O)O)c1ccccn1. The molecule has 19 heavy (non-hydrogen) atoms. The van der Waals surface area contributed by atoms with Gasteiger partial charge in [-0.3, -0.25) is 19.8 Å². The second-order valence-corrected chi connectivity index (χ2v) is 3.85. The highest BCUT2D eigenvalue weighted by molar-refractivity contribution is 6.01. The summed E-state index contributed by atoms with van der Waals surface area (Å²) in [5.74, 6) is -1.06. The van der Waals surface area contributed by atoms with Crippen LogP contribution in [0.15, 0.2) is 24.4 Å². The molecule has 0 aliphatic rings. The van der Waals surface area contributed by atoms with Gasteiger partial charge in [-0.15, -0.1) is 0 Å². The van der Waals surface area contributed by atoms with Gasteiger partial charge in [-0.25, -0.2) is 9.78 Å². The van der Waals surface area contributed by atoms with Gasteiger partial charge in [-0.2, -0.15) is 0 Å². The molecule has 0 radical (unpaired) electrons. The first-order valence-corrected chi connectivity index (χ1v) is 5.71. The Morgan fingerprint density at radius 2 is 2.05 bits per heavy atom. The Morgan fingerprint density at radius 3 is 2.63 bits per heavy atom. The highest BCUT2D eigenvalue weighted by atomic mass is 16.4. The molecule has 3 amide bonds. The first-order valence-electron chi connectivity index (χ1n) is 5.71. The predicted octanol–water partition coefficient (Wildman–Crippen LogP) is 1.01. The zero-order chi connectivity index (χ0) is 14.3. The van der Waals surface area contributed by atoms with Gasteiger partial charge in [0, 0.05) is 26.1 Å². The summed E-state index contributed by atoms with van der Waals surface area (Å²) in [5, 5.41) is 10.6. The van der Waals surface area contributed by atoms with Crippen molar-refractivity contribution in [3.63, 3.8) is 0 Å². The number of carboxylic acids is 1. The lowest BCUT2D eigenvalue weighted by atomic mass is 10.2. The Balaban J connectivity index is 2.42. The minimum absolute atomic E-state index is 0.00585. The molecule has 7 heteroatoms. The lowest BCUT2D eigenvalue weighted by Gasteiger charge is -2.15. The van der Waals surface area contributed by atoms with Crippen LogP contribution in [0.1, 0.15) is 19.3 Å². The van der Waals surface area contributed by atoms with Crippen molar-refractivity contribution in [2.75, 3.05) is 11.9 Å². The van der Waals surface area contributed by atoms with Gasteiger partial charge in [0.25, 0.3) is 0 Å². The number of rotatable bonds is 5. The number of carboxylic acid groups (broad SMARTS) is 1. The summed E-state index contributed by atoms with van der Waals surface area (Å²) in [5.41, 5.74) is 0. The van der Waals surface area contributed by atoms with Crippen molar-refractivity contribution < 1.29 is 19.5 Å². The van der Waals surface area contributed by atoms with E-state index in [1.165, 1.54) is 18.1 Å². The van der Waals surface area contributed by atoms with Gasteiger partial charge < -0.3 is 5.11 Å². The third-order valence-electron chi connectivity index (χ3n) is 2.34. The first-order chi connectivity index (χ1) is 9.00. The Labute approximate surface area is 110 Å². The molecular weight excluding hydrogens is 250 g/mol. The van der Waals surface area contributed by atoms with Gasteiger partial charge in [0.05, 0.1) is 0 Å². The van der Waals surface area contributed by atoms with E-state index in [0.29, 0.717) is 5.82 Å². The monoisotopic (exact) mass is 265 g/mol. The van der Waals surface area contributed by atoms with E-state index in [2.05, 4.69) is 10.3 Å². The van der Waals surface area contributed by atoms with E-state index in [1.807, 2.05) is 0 Å². The molecule has 0 aliphatic heterocycles. The number of nitrogens with one attached hydrogen (secondary N) is 1. The van der Waals surface area contributed by atoms with E-state index in [0.717, 1.165) is 0 Å². The summed E-state index contributed by atoms with van der Waals surface area (Å²) in [4.78, 5) is 38.5. The van der Waals surface area contributed by atoms with Crippen molar-refractivity contribution in [1.82, 2.24) is 10.3 Å². The summed E-state index contributed by atoms with van der Waals surface area (Å²) < 4.78 is 0. The Bertz CT molecular complexity index is 461. The van der Waals surface area contributed by atoms with Gasteiger partial charge in [0.15, 0.2) is 0 Å². The molecular formula is C12H15N3O4. The summed E-state index contributed by atoms with van der Waals surface area (Å²) in [7, 11) is 1.49. The molecule has 0 saturated carbocycles. The molecule has 0 bridgehead atoms. The van der Waals surface area contributed by atoms with Gasteiger partial charge >= 0.3 is 12.0 Å². The zero-order valence-corrected chi connectivity index (χ0v) is 10.5. The summed E-state index contributed by atoms with van der Waals surface area (Å²) in [6, 6.07) is 4.47. The van der Waals surface area contributed by atoms with E-state index in [1.54, 1.807) is 18.2 Å². The number of aliphatic carboxylic acids is 1. The van der Waals surface area contributed by atoms with E-state index in [4.69, 9.17) is 5.11 Å². The lowest BCUT2D eigenvalue weighted by molar-refractivity contribution is -0.137. The topological polar surface area (TPSA) is 99.6 Å². The maximum Gasteiger partial charge on any atom is 0.329 e. The highest BCUT2D eigenvalue weighted by Gasteiger charge is 2.14. The largest absolute Gasteiger partial charge is 0.481 e. The standard InChI is InChI=1S/C12H15N3O4/c1-15(9-5-2-3-8-13-9)12(19)14-10(16)6-4-7-11(17)18/h2-3,5,8H,4,6-7H2,1H3,(H,17,18)(H,14,16,19). The number of pyridine rings is 1. The number of hydrogen-bond donors (Lipinski definition) is 2. The van der Waals surface area contributed by atoms with Crippen LogP contribution in [0.3, 0.4) is 0 Å². The highest BCUT2D eigenvalue weighted by Crippen LogP contribution is 2.06. The molecule has 102 valence electrons. The molecule has 1 heterocycles. The van der Waals surface area contributed by atoms with Gasteiger partial charge in [-0.05, 0) is 18.6 Å². The molecule has 0 saturated heterocycles. The molecule has 0 atom stereocenters. The summed E-state index contributed by atoms with van der Waals surface area (Å²) >= 11 is 0. The molecule has 2 N–H and O–H groups in total. The molecule has 1 aromatic heterocycles. The number of hydrogen-bond acceptors (Lipinski definition) is 4. The van der Waals surface area contributed by atoms with Gasteiger partial charge in [-0.1, -0.05) is 6.07 Å². The van der Waals surface area contributed by atoms with Crippen LogP contribution >= 0.6 is 0 Å². The van der Waals surface area contributed by atoms with E-state index >= 15 is 0 Å². The zero-order valence-electron chi connectivity index (χ0n) is 10.5. The molecule has 1 aromatic rings. The number of anilines is 1. The number of imide groups is 1. The minimum Gasteiger partial charge on any atom is -0.481 e. The lowest BCUT2D eigenvalue weighted by Crippen LogP contribution is -2.41. The second-order valence-electron chi connectivity index (χ2n) is 3.85. The van der Waals surface area contributed by atoms with Crippen LogP contribution in [0.5, 0.6) is 0 Å². The van der Waals surface area contributed by atoms with Crippen LogP contribution in [-0.2, 0) is 9.59 Å². The fourth-order valence-corrected chi connectivity index (χ4v) is 1.32. The average molecular weight is 265 g/mol. The molecule has 0 aromatic carbocycles. The normalized spacial score (nSPS) is 9.74. The third-order valence-corrected chi connectivity index (χ3v) is 2.34. The fourth-order valence-electron chi connectivity index (χ4n) is 1.32. The number of nitrogens with zero attached hydrogens (tertiary/aromatic N) is 2. The van der Waals surface area contributed by atoms with Crippen LogP contribution in [0.2, 0.25) is 0 Å². The van der Waals surface area contributed by atoms with Crippen molar-refractivity contribution >= 4 is 23.7 Å². The molecule has 0 spiro atoms. The van der Waals surface area contributed by atoms with Crippen molar-refractivity contribution in [3.05, 3.63) is 24.4 Å². The maximum absolute atomic E-state index is 11.7. The smallest absolute Gasteiger partial charge is 0.329 e. The molecule has 0 fully saturated rings. The van der Waals surface area contributed by atoms with Crippen LogP contribution in [-0.4, -0.2) is 35.0 Å². The Morgan fingerprint density at radius 1 is 1.32 bits per heavy atom. The van der Waals surface area contributed by atoms with Crippen molar-refractivity contribution in [3.8, 4) is 0 Å². The van der Waals surface area contributed by atoms with Crippen molar-refractivity contribution in [2.24, 2.45) is 0 Å². The molecule has 0 unspecified atom stereocenters. The predicted molar refractivity (Wildman–Crippen MR) is 67.7 cm³/mol. The van der Waals surface area contributed by atoms with Crippen LogP contribution in [0, 0.1) is 0 Å². The second kappa shape index (κ2) is 7.10. The first kappa shape index (κ1) is 14.6. The maximum atomic E-state index is 11.7. The minimum atomic E-state index is -0.968. The van der Waals surface area contributed by atoms with E-state index in [-0.39, 0.29) is 19.3 Å². The number of amides is 3. The number of carbonyl (C=O) groups is 3. The molecule has 0 aliphatic carbocycles. The van der Waals surface area contributed by atoms with E-state index < -0.39 is 17.9 Å². The van der Waals surface area contributed by atoms with Gasteiger partial charge in [0.2, 0.25) is 5.91 Å². The van der Waals surface area contributed by atoms with Crippen LogP contribution in [0.4, 0.5) is 10.6 Å². The third kappa shape index (κ3) is 5.15. The number of carbonyl (C=O) groups excluding carboxylic acids is 2. The molecule has 1 rings (SSSR count). The Hall–Kier alpha value is -2.44. The number of urea groups is 1. The van der Waals surface area contributed by atoms with Gasteiger partial charge in [0.1, 0.15) is 5.82 Å². The van der Waals surface area contributed by atoms with Crippen molar-refractivity contribution in [2.45, 2.75) is 19.3 Å². The summed E-state index contributed by atoms with van der Waals surface area (Å²) in [6.07, 6.45) is 1.63. The van der Waals surface area contributed by atoms with Crippen LogP contribution in [0.25, 0.3) is 0 Å². The van der Waals surface area contributed by atoms with Crippen molar-refractivity contribution in [1.29, 1.82) is 0 Å². The molecule has 7 nitrogen and oxygen atoms in total. The Kier molecular flexibility index (Phi) is 5.46. The summed E-state index contributed by atoms with van der Waals surface area (Å²) in [6.45, 7) is 0. The quantitative estimate of drug-likeness (QED) is 0.827.